The zero-order valence-corrected chi connectivity index (χ0v) is 8.64. The van der Waals surface area contributed by atoms with Crippen LogP contribution in [0.1, 0.15) is 18.4 Å². The SMILES string of the molecule is Fc1ccccc1C(F)(F)C1=CNCCC1. The smallest absolute Gasteiger partial charge is 0.299 e. The molecule has 0 radical (unpaired) electrons. The Morgan fingerprint density at radius 1 is 1.19 bits per heavy atom. The zero-order chi connectivity index (χ0) is 11.6. The molecule has 0 aromatic heterocycles. The quantitative estimate of drug-likeness (QED) is 0.818. The number of hydrogen-bond donors (Lipinski definition) is 1. The predicted molar refractivity (Wildman–Crippen MR) is 55.6 cm³/mol. The molecule has 1 aliphatic rings. The molecule has 0 fully saturated rings. The molecule has 0 saturated heterocycles. The maximum absolute atomic E-state index is 14.0. The zero-order valence-electron chi connectivity index (χ0n) is 8.64. The summed E-state index contributed by atoms with van der Waals surface area (Å²) in [4.78, 5) is 0. The Labute approximate surface area is 92.0 Å². The van der Waals surface area contributed by atoms with Crippen LogP contribution in [-0.4, -0.2) is 6.54 Å². The number of alkyl halides is 2. The van der Waals surface area contributed by atoms with Gasteiger partial charge in [-0.2, -0.15) is 8.78 Å². The summed E-state index contributed by atoms with van der Waals surface area (Å²) in [5, 5.41) is 2.77. The Morgan fingerprint density at radius 3 is 2.56 bits per heavy atom. The largest absolute Gasteiger partial charge is 0.391 e. The third kappa shape index (κ3) is 1.92. The lowest BCUT2D eigenvalue weighted by molar-refractivity contribution is 0.0284. The molecule has 0 aliphatic carbocycles. The number of rotatable bonds is 2. The number of nitrogens with one attached hydrogen (secondary N) is 1. The third-order valence-corrected chi connectivity index (χ3v) is 2.66. The van der Waals surface area contributed by atoms with E-state index in [1.54, 1.807) is 0 Å². The van der Waals surface area contributed by atoms with Gasteiger partial charge in [-0.05, 0) is 25.0 Å². The summed E-state index contributed by atoms with van der Waals surface area (Å²) in [6.45, 7) is 0.691. The van der Waals surface area contributed by atoms with Gasteiger partial charge in [-0.25, -0.2) is 4.39 Å². The minimum absolute atomic E-state index is 0.0520. The molecule has 0 saturated carbocycles. The third-order valence-electron chi connectivity index (χ3n) is 2.66. The molecule has 1 aromatic rings. The van der Waals surface area contributed by atoms with Crippen LogP contribution in [0.5, 0.6) is 0 Å². The number of hydrogen-bond acceptors (Lipinski definition) is 1. The molecule has 0 atom stereocenters. The first-order chi connectivity index (χ1) is 7.62. The highest BCUT2D eigenvalue weighted by Gasteiger charge is 2.38. The number of allylic oxidation sites excluding steroid dienone is 1. The van der Waals surface area contributed by atoms with Gasteiger partial charge in [0.25, 0.3) is 5.92 Å². The van der Waals surface area contributed by atoms with Crippen LogP contribution < -0.4 is 5.32 Å². The van der Waals surface area contributed by atoms with E-state index in [1.165, 1.54) is 18.3 Å². The van der Waals surface area contributed by atoms with Gasteiger partial charge in [-0.15, -0.1) is 0 Å². The summed E-state index contributed by atoms with van der Waals surface area (Å²) in [6, 6.07) is 5.01. The summed E-state index contributed by atoms with van der Waals surface area (Å²) >= 11 is 0. The molecule has 1 heterocycles. The molecule has 1 N–H and O–H groups in total. The molecular formula is C12H12F3N. The van der Waals surface area contributed by atoms with Crippen molar-refractivity contribution >= 4 is 0 Å². The maximum Gasteiger partial charge on any atom is 0.299 e. The van der Waals surface area contributed by atoms with Gasteiger partial charge >= 0.3 is 0 Å². The van der Waals surface area contributed by atoms with Crippen LogP contribution >= 0.6 is 0 Å². The summed E-state index contributed by atoms with van der Waals surface area (Å²) in [7, 11) is 0. The van der Waals surface area contributed by atoms with Crippen molar-refractivity contribution in [3.63, 3.8) is 0 Å². The van der Waals surface area contributed by atoms with Gasteiger partial charge in [0, 0.05) is 18.3 Å². The lowest BCUT2D eigenvalue weighted by Crippen LogP contribution is -2.25. The van der Waals surface area contributed by atoms with Crippen molar-refractivity contribution < 1.29 is 13.2 Å². The fourth-order valence-electron chi connectivity index (χ4n) is 1.78. The first kappa shape index (κ1) is 11.0. The van der Waals surface area contributed by atoms with Crippen LogP contribution in [0.2, 0.25) is 0 Å². The molecule has 0 bridgehead atoms. The van der Waals surface area contributed by atoms with Gasteiger partial charge in [-0.1, -0.05) is 12.1 Å². The van der Waals surface area contributed by atoms with E-state index in [4.69, 9.17) is 0 Å². The monoisotopic (exact) mass is 227 g/mol. The van der Waals surface area contributed by atoms with Gasteiger partial charge < -0.3 is 5.32 Å². The van der Waals surface area contributed by atoms with E-state index in [0.717, 1.165) is 12.1 Å². The van der Waals surface area contributed by atoms with Crippen LogP contribution in [-0.2, 0) is 5.92 Å². The second kappa shape index (κ2) is 4.20. The molecular weight excluding hydrogens is 215 g/mol. The molecule has 86 valence electrons. The minimum Gasteiger partial charge on any atom is -0.391 e. The molecule has 0 unspecified atom stereocenters. The van der Waals surface area contributed by atoms with E-state index in [2.05, 4.69) is 5.32 Å². The highest BCUT2D eigenvalue weighted by Crippen LogP contribution is 2.39. The van der Waals surface area contributed by atoms with E-state index in [1.807, 2.05) is 0 Å². The van der Waals surface area contributed by atoms with E-state index in [-0.39, 0.29) is 5.57 Å². The average molecular weight is 227 g/mol. The predicted octanol–water partition coefficient (Wildman–Crippen LogP) is 3.18. The van der Waals surface area contributed by atoms with Crippen LogP contribution in [0.25, 0.3) is 0 Å². The second-order valence-corrected chi connectivity index (χ2v) is 3.78. The number of benzene rings is 1. The average Bonchev–Trinajstić information content (AvgIpc) is 2.30. The highest BCUT2D eigenvalue weighted by atomic mass is 19.3. The molecule has 1 nitrogen and oxygen atoms in total. The van der Waals surface area contributed by atoms with Gasteiger partial charge in [0.15, 0.2) is 0 Å². The Balaban J connectivity index is 2.38. The van der Waals surface area contributed by atoms with E-state index in [9.17, 15) is 13.2 Å². The number of halogens is 3. The Morgan fingerprint density at radius 2 is 1.94 bits per heavy atom. The van der Waals surface area contributed by atoms with Crippen molar-refractivity contribution in [3.8, 4) is 0 Å². The molecule has 1 aliphatic heterocycles. The van der Waals surface area contributed by atoms with E-state index < -0.39 is 17.3 Å². The van der Waals surface area contributed by atoms with Gasteiger partial charge in [0.2, 0.25) is 0 Å². The van der Waals surface area contributed by atoms with E-state index in [0.29, 0.717) is 19.4 Å². The first-order valence-electron chi connectivity index (χ1n) is 5.18. The Bertz CT molecular complexity index is 412. The van der Waals surface area contributed by atoms with Crippen LogP contribution in [0.3, 0.4) is 0 Å². The van der Waals surface area contributed by atoms with Crippen molar-refractivity contribution in [1.82, 2.24) is 5.32 Å². The van der Waals surface area contributed by atoms with Crippen molar-refractivity contribution in [2.45, 2.75) is 18.8 Å². The molecule has 0 spiro atoms. The summed E-state index contributed by atoms with van der Waals surface area (Å²) in [5.74, 6) is -4.09. The Hall–Kier alpha value is -1.45. The van der Waals surface area contributed by atoms with Gasteiger partial charge in [0.1, 0.15) is 5.82 Å². The second-order valence-electron chi connectivity index (χ2n) is 3.78. The standard InChI is InChI=1S/C12H12F3N/c13-11-6-2-1-5-10(11)12(14,15)9-4-3-7-16-8-9/h1-2,5-6,8,16H,3-4,7H2. The first-order valence-corrected chi connectivity index (χ1v) is 5.18. The lowest BCUT2D eigenvalue weighted by atomic mass is 9.95. The van der Waals surface area contributed by atoms with Gasteiger partial charge in [-0.3, -0.25) is 0 Å². The Kier molecular flexibility index (Phi) is 2.90. The van der Waals surface area contributed by atoms with Crippen molar-refractivity contribution in [2.75, 3.05) is 6.54 Å². The molecule has 16 heavy (non-hydrogen) atoms. The van der Waals surface area contributed by atoms with Crippen LogP contribution in [0.4, 0.5) is 13.2 Å². The topological polar surface area (TPSA) is 12.0 Å². The molecule has 2 rings (SSSR count). The highest BCUT2D eigenvalue weighted by molar-refractivity contribution is 5.31. The maximum atomic E-state index is 14.0. The molecule has 4 heteroatoms. The van der Waals surface area contributed by atoms with Crippen molar-refractivity contribution in [3.05, 3.63) is 47.4 Å². The lowest BCUT2D eigenvalue weighted by Gasteiger charge is -2.23. The fraction of sp³-hybridized carbons (Fsp3) is 0.333. The summed E-state index contributed by atoms with van der Waals surface area (Å²) < 4.78 is 41.2. The van der Waals surface area contributed by atoms with E-state index >= 15 is 0 Å². The van der Waals surface area contributed by atoms with Crippen molar-refractivity contribution in [1.29, 1.82) is 0 Å². The summed E-state index contributed by atoms with van der Waals surface area (Å²) in [5.41, 5.74) is -0.603. The van der Waals surface area contributed by atoms with Crippen molar-refractivity contribution in [2.24, 2.45) is 0 Å². The molecule has 1 aromatic carbocycles. The fourth-order valence-corrected chi connectivity index (χ4v) is 1.78. The van der Waals surface area contributed by atoms with Gasteiger partial charge in [0.05, 0.1) is 5.56 Å². The summed E-state index contributed by atoms with van der Waals surface area (Å²) in [6.07, 6.45) is 2.25. The minimum atomic E-state index is -3.22. The molecule has 0 amide bonds. The van der Waals surface area contributed by atoms with Crippen LogP contribution in [0, 0.1) is 5.82 Å². The van der Waals surface area contributed by atoms with Crippen LogP contribution in [0.15, 0.2) is 36.0 Å². The normalized spacial score (nSPS) is 16.6.